The lowest BCUT2D eigenvalue weighted by Crippen LogP contribution is -2.39. The van der Waals surface area contributed by atoms with Crippen LogP contribution in [0, 0.1) is 5.92 Å². The Hall–Kier alpha value is -0.930. The lowest BCUT2D eigenvalue weighted by Gasteiger charge is -2.36. The Balaban J connectivity index is 2.00. The topological polar surface area (TPSA) is 42.1 Å². The molecule has 0 saturated carbocycles. The Bertz CT molecular complexity index is 364. The average Bonchev–Trinajstić information content (AvgIpc) is 2.33. The van der Waals surface area contributed by atoms with E-state index in [1.165, 1.54) is 19.4 Å². The first-order valence-corrected chi connectivity index (χ1v) is 6.58. The number of nitrogens with zero attached hydrogens (tertiary/aromatic N) is 2. The van der Waals surface area contributed by atoms with Gasteiger partial charge in [-0.05, 0) is 44.4 Å². The molecule has 2 heterocycles. The molecule has 0 bridgehead atoms. The fourth-order valence-corrected chi connectivity index (χ4v) is 2.63. The predicted molar refractivity (Wildman–Crippen MR) is 70.4 cm³/mol. The maximum absolute atomic E-state index is 5.62. The first kappa shape index (κ1) is 12.5. The molecule has 17 heavy (non-hydrogen) atoms. The SMILES string of the molecule is CC1CCN(Cc2cccc(CN)n2)C(C)C1. The van der Waals surface area contributed by atoms with E-state index in [0.29, 0.717) is 12.6 Å². The summed E-state index contributed by atoms with van der Waals surface area (Å²) in [5, 5.41) is 0. The zero-order valence-electron chi connectivity index (χ0n) is 10.9. The van der Waals surface area contributed by atoms with Gasteiger partial charge in [-0.3, -0.25) is 9.88 Å². The van der Waals surface area contributed by atoms with Crippen molar-refractivity contribution in [3.8, 4) is 0 Å². The van der Waals surface area contributed by atoms with Crippen LogP contribution in [0.1, 0.15) is 38.1 Å². The van der Waals surface area contributed by atoms with Crippen molar-refractivity contribution >= 4 is 0 Å². The fourth-order valence-electron chi connectivity index (χ4n) is 2.63. The van der Waals surface area contributed by atoms with Crippen molar-refractivity contribution in [2.24, 2.45) is 11.7 Å². The molecule has 2 N–H and O–H groups in total. The predicted octanol–water partition coefficient (Wildman–Crippen LogP) is 2.16. The molecule has 1 aliphatic rings. The standard InChI is InChI=1S/C14H23N3/c1-11-6-7-17(12(2)8-11)10-14-5-3-4-13(9-15)16-14/h3-5,11-12H,6-10,15H2,1-2H3. The van der Waals surface area contributed by atoms with Gasteiger partial charge in [0.15, 0.2) is 0 Å². The lowest BCUT2D eigenvalue weighted by atomic mass is 9.93. The normalized spacial score (nSPS) is 26.1. The van der Waals surface area contributed by atoms with Crippen molar-refractivity contribution in [3.05, 3.63) is 29.6 Å². The molecular formula is C14H23N3. The third kappa shape index (κ3) is 3.27. The van der Waals surface area contributed by atoms with Crippen molar-refractivity contribution in [2.45, 2.75) is 45.8 Å². The average molecular weight is 233 g/mol. The number of nitrogens with two attached hydrogens (primary N) is 1. The van der Waals surface area contributed by atoms with Crippen molar-refractivity contribution in [3.63, 3.8) is 0 Å². The van der Waals surface area contributed by atoms with Gasteiger partial charge in [0.05, 0.1) is 11.4 Å². The van der Waals surface area contributed by atoms with Gasteiger partial charge < -0.3 is 5.73 Å². The first-order chi connectivity index (χ1) is 8.19. The summed E-state index contributed by atoms with van der Waals surface area (Å²) in [5.74, 6) is 0.865. The van der Waals surface area contributed by atoms with Gasteiger partial charge in [-0.25, -0.2) is 0 Å². The molecule has 94 valence electrons. The number of piperidine rings is 1. The fraction of sp³-hybridized carbons (Fsp3) is 0.643. The van der Waals surface area contributed by atoms with E-state index in [1.54, 1.807) is 0 Å². The molecule has 0 radical (unpaired) electrons. The summed E-state index contributed by atoms with van der Waals surface area (Å²) in [6.07, 6.45) is 2.61. The van der Waals surface area contributed by atoms with Crippen LogP contribution in [0.4, 0.5) is 0 Å². The molecule has 0 spiro atoms. The van der Waals surface area contributed by atoms with E-state index in [2.05, 4.69) is 35.9 Å². The van der Waals surface area contributed by atoms with Gasteiger partial charge in [-0.1, -0.05) is 13.0 Å². The van der Waals surface area contributed by atoms with Gasteiger partial charge in [0, 0.05) is 19.1 Å². The summed E-state index contributed by atoms with van der Waals surface area (Å²) >= 11 is 0. The van der Waals surface area contributed by atoms with E-state index in [-0.39, 0.29) is 0 Å². The molecule has 1 saturated heterocycles. The Morgan fingerprint density at radius 1 is 1.35 bits per heavy atom. The van der Waals surface area contributed by atoms with Crippen LogP contribution >= 0.6 is 0 Å². The van der Waals surface area contributed by atoms with Crippen LogP contribution in [0.2, 0.25) is 0 Å². The number of pyridine rings is 1. The van der Waals surface area contributed by atoms with Crippen LogP contribution < -0.4 is 5.73 Å². The van der Waals surface area contributed by atoms with Gasteiger partial charge in [0.25, 0.3) is 0 Å². The number of likely N-dealkylation sites (tertiary alicyclic amines) is 1. The molecule has 2 rings (SSSR count). The highest BCUT2D eigenvalue weighted by atomic mass is 15.2. The number of aromatic nitrogens is 1. The lowest BCUT2D eigenvalue weighted by molar-refractivity contribution is 0.120. The molecule has 1 aromatic rings. The molecule has 1 aliphatic heterocycles. The van der Waals surface area contributed by atoms with E-state index in [1.807, 2.05) is 6.07 Å². The van der Waals surface area contributed by atoms with Gasteiger partial charge >= 0.3 is 0 Å². The number of hydrogen-bond acceptors (Lipinski definition) is 3. The largest absolute Gasteiger partial charge is 0.325 e. The maximum atomic E-state index is 5.62. The highest BCUT2D eigenvalue weighted by Crippen LogP contribution is 2.23. The second kappa shape index (κ2) is 5.61. The minimum Gasteiger partial charge on any atom is -0.325 e. The van der Waals surface area contributed by atoms with Crippen molar-refractivity contribution < 1.29 is 0 Å². The summed E-state index contributed by atoms with van der Waals surface area (Å²) in [7, 11) is 0. The highest BCUT2D eigenvalue weighted by Gasteiger charge is 2.22. The monoisotopic (exact) mass is 233 g/mol. The molecule has 0 aliphatic carbocycles. The Morgan fingerprint density at radius 3 is 2.82 bits per heavy atom. The van der Waals surface area contributed by atoms with E-state index in [4.69, 9.17) is 5.73 Å². The molecule has 2 unspecified atom stereocenters. The van der Waals surface area contributed by atoms with Crippen molar-refractivity contribution in [2.75, 3.05) is 6.54 Å². The third-order valence-electron chi connectivity index (χ3n) is 3.71. The van der Waals surface area contributed by atoms with Crippen LogP contribution in [-0.2, 0) is 13.1 Å². The van der Waals surface area contributed by atoms with E-state index in [9.17, 15) is 0 Å². The quantitative estimate of drug-likeness (QED) is 0.870. The Morgan fingerprint density at radius 2 is 2.12 bits per heavy atom. The Kier molecular flexibility index (Phi) is 4.13. The van der Waals surface area contributed by atoms with Crippen LogP contribution in [0.15, 0.2) is 18.2 Å². The van der Waals surface area contributed by atoms with Crippen LogP contribution in [0.5, 0.6) is 0 Å². The molecule has 1 fully saturated rings. The molecular weight excluding hydrogens is 210 g/mol. The summed E-state index contributed by atoms with van der Waals surface area (Å²) in [6, 6.07) is 6.82. The molecule has 1 aromatic heterocycles. The molecule has 0 aromatic carbocycles. The van der Waals surface area contributed by atoms with Gasteiger partial charge in [0.1, 0.15) is 0 Å². The summed E-state index contributed by atoms with van der Waals surface area (Å²) in [5.41, 5.74) is 7.76. The second-order valence-electron chi connectivity index (χ2n) is 5.27. The van der Waals surface area contributed by atoms with E-state index < -0.39 is 0 Å². The van der Waals surface area contributed by atoms with Crippen LogP contribution in [0.3, 0.4) is 0 Å². The van der Waals surface area contributed by atoms with Crippen LogP contribution in [0.25, 0.3) is 0 Å². The zero-order valence-corrected chi connectivity index (χ0v) is 10.9. The third-order valence-corrected chi connectivity index (χ3v) is 3.71. The summed E-state index contributed by atoms with van der Waals surface area (Å²) in [6.45, 7) is 7.35. The number of hydrogen-bond donors (Lipinski definition) is 1. The highest BCUT2D eigenvalue weighted by molar-refractivity contribution is 5.11. The first-order valence-electron chi connectivity index (χ1n) is 6.58. The number of rotatable bonds is 3. The molecule has 3 nitrogen and oxygen atoms in total. The van der Waals surface area contributed by atoms with Gasteiger partial charge in [-0.2, -0.15) is 0 Å². The zero-order chi connectivity index (χ0) is 12.3. The minimum atomic E-state index is 0.528. The smallest absolute Gasteiger partial charge is 0.0547 e. The van der Waals surface area contributed by atoms with Crippen LogP contribution in [-0.4, -0.2) is 22.5 Å². The maximum Gasteiger partial charge on any atom is 0.0547 e. The van der Waals surface area contributed by atoms with E-state index in [0.717, 1.165) is 23.9 Å². The van der Waals surface area contributed by atoms with Gasteiger partial charge in [0.2, 0.25) is 0 Å². The Labute approximate surface area is 104 Å². The molecule has 0 amide bonds. The molecule has 3 heteroatoms. The summed E-state index contributed by atoms with van der Waals surface area (Å²) < 4.78 is 0. The van der Waals surface area contributed by atoms with Gasteiger partial charge in [-0.15, -0.1) is 0 Å². The molecule has 2 atom stereocenters. The van der Waals surface area contributed by atoms with Crippen molar-refractivity contribution in [1.29, 1.82) is 0 Å². The van der Waals surface area contributed by atoms with Crippen molar-refractivity contribution in [1.82, 2.24) is 9.88 Å². The minimum absolute atomic E-state index is 0.528. The second-order valence-corrected chi connectivity index (χ2v) is 5.27. The van der Waals surface area contributed by atoms with E-state index >= 15 is 0 Å². The summed E-state index contributed by atoms with van der Waals surface area (Å²) in [4.78, 5) is 7.10.